The van der Waals surface area contributed by atoms with Gasteiger partial charge in [0.05, 0.1) is 24.8 Å². The van der Waals surface area contributed by atoms with Crippen LogP contribution < -0.4 is 4.90 Å². The standard InChI is InChI=1S/C11H13NO3/c1-7-2-3-10(14)9(4-7)12-6-8(13)5-11(12)15/h2-4,8,13-14H,5-6H2,1H3. The molecule has 80 valence electrons. The SMILES string of the molecule is Cc1ccc(O)c(N2CC(O)CC2=O)c1. The summed E-state index contributed by atoms with van der Waals surface area (Å²) in [6.07, 6.45) is -0.495. The molecule has 1 unspecified atom stereocenters. The van der Waals surface area contributed by atoms with Crippen molar-refractivity contribution >= 4 is 11.6 Å². The van der Waals surface area contributed by atoms with Crippen molar-refractivity contribution in [3.05, 3.63) is 23.8 Å². The molecule has 1 aliphatic rings. The van der Waals surface area contributed by atoms with E-state index in [-0.39, 0.29) is 24.6 Å². The van der Waals surface area contributed by atoms with Crippen LogP contribution in [-0.2, 0) is 4.79 Å². The molecule has 0 saturated carbocycles. The highest BCUT2D eigenvalue weighted by Crippen LogP contribution is 2.31. The number of rotatable bonds is 1. The van der Waals surface area contributed by atoms with Gasteiger partial charge in [-0.2, -0.15) is 0 Å². The second-order valence-corrected chi connectivity index (χ2v) is 3.85. The molecule has 1 saturated heterocycles. The summed E-state index contributed by atoms with van der Waals surface area (Å²) in [5.74, 6) is -0.0774. The number of carbonyl (C=O) groups is 1. The predicted octanol–water partition coefficient (Wildman–Crippen LogP) is 0.798. The number of phenolic OH excluding ortho intramolecular Hbond substituents is 1. The molecule has 1 amide bonds. The summed E-state index contributed by atoms with van der Waals surface area (Å²) < 4.78 is 0. The number of aromatic hydroxyl groups is 1. The van der Waals surface area contributed by atoms with Crippen molar-refractivity contribution in [3.8, 4) is 5.75 Å². The van der Waals surface area contributed by atoms with Crippen LogP contribution >= 0.6 is 0 Å². The maximum Gasteiger partial charge on any atom is 0.229 e. The fraction of sp³-hybridized carbons (Fsp3) is 0.364. The highest BCUT2D eigenvalue weighted by atomic mass is 16.3. The molecule has 4 heteroatoms. The minimum Gasteiger partial charge on any atom is -0.506 e. The van der Waals surface area contributed by atoms with Gasteiger partial charge in [0.25, 0.3) is 0 Å². The molecule has 0 radical (unpaired) electrons. The fourth-order valence-electron chi connectivity index (χ4n) is 1.77. The lowest BCUT2D eigenvalue weighted by molar-refractivity contribution is -0.117. The lowest BCUT2D eigenvalue weighted by Crippen LogP contribution is -2.25. The van der Waals surface area contributed by atoms with E-state index in [1.165, 1.54) is 4.90 Å². The molecule has 0 aliphatic carbocycles. The predicted molar refractivity (Wildman–Crippen MR) is 55.8 cm³/mol. The van der Waals surface area contributed by atoms with Crippen LogP contribution in [0.4, 0.5) is 5.69 Å². The Morgan fingerprint density at radius 2 is 2.20 bits per heavy atom. The number of β-amino-alcohol motifs (C(OH)–C–C–N with tert-alkyl or cyclic N) is 1. The molecular weight excluding hydrogens is 194 g/mol. The molecule has 15 heavy (non-hydrogen) atoms. The van der Waals surface area contributed by atoms with E-state index >= 15 is 0 Å². The van der Waals surface area contributed by atoms with E-state index in [1.54, 1.807) is 18.2 Å². The number of carbonyl (C=O) groups excluding carboxylic acids is 1. The molecule has 0 spiro atoms. The van der Waals surface area contributed by atoms with Gasteiger partial charge in [-0.15, -0.1) is 0 Å². The first kappa shape index (κ1) is 9.98. The van der Waals surface area contributed by atoms with Crippen molar-refractivity contribution in [2.75, 3.05) is 11.4 Å². The van der Waals surface area contributed by atoms with Crippen molar-refractivity contribution in [1.82, 2.24) is 0 Å². The summed E-state index contributed by atoms with van der Waals surface area (Å²) in [5, 5.41) is 19.0. The second-order valence-electron chi connectivity index (χ2n) is 3.85. The van der Waals surface area contributed by atoms with Crippen LogP contribution in [0.2, 0.25) is 0 Å². The normalized spacial score (nSPS) is 21.1. The number of hydrogen-bond acceptors (Lipinski definition) is 3. The number of benzene rings is 1. The summed E-state index contributed by atoms with van der Waals surface area (Å²) in [6.45, 7) is 2.15. The van der Waals surface area contributed by atoms with E-state index in [4.69, 9.17) is 0 Å². The largest absolute Gasteiger partial charge is 0.506 e. The average molecular weight is 207 g/mol. The van der Waals surface area contributed by atoms with E-state index in [1.807, 2.05) is 6.92 Å². The van der Waals surface area contributed by atoms with Crippen molar-refractivity contribution in [2.24, 2.45) is 0 Å². The topological polar surface area (TPSA) is 60.8 Å². The maximum absolute atomic E-state index is 11.5. The van der Waals surface area contributed by atoms with E-state index in [0.717, 1.165) is 5.56 Å². The third-order valence-corrected chi connectivity index (χ3v) is 2.53. The first-order valence-corrected chi connectivity index (χ1v) is 4.86. The molecule has 4 nitrogen and oxygen atoms in total. The molecule has 1 fully saturated rings. The molecule has 1 aromatic rings. The van der Waals surface area contributed by atoms with E-state index in [9.17, 15) is 15.0 Å². The molecular formula is C11H13NO3. The van der Waals surface area contributed by atoms with Gasteiger partial charge in [-0.05, 0) is 24.6 Å². The van der Waals surface area contributed by atoms with Crippen LogP contribution in [-0.4, -0.2) is 28.8 Å². The highest BCUT2D eigenvalue weighted by molar-refractivity contribution is 5.97. The number of nitrogens with zero attached hydrogens (tertiary/aromatic N) is 1. The minimum absolute atomic E-state index is 0.0723. The highest BCUT2D eigenvalue weighted by Gasteiger charge is 2.30. The number of hydrogen-bond donors (Lipinski definition) is 2. The Balaban J connectivity index is 2.37. The second kappa shape index (κ2) is 3.55. The van der Waals surface area contributed by atoms with Gasteiger partial charge in [-0.3, -0.25) is 4.79 Å². The molecule has 1 atom stereocenters. The smallest absolute Gasteiger partial charge is 0.229 e. The van der Waals surface area contributed by atoms with E-state index in [0.29, 0.717) is 5.69 Å². The first-order chi connectivity index (χ1) is 7.08. The first-order valence-electron chi connectivity index (χ1n) is 4.86. The Hall–Kier alpha value is -1.55. The molecule has 0 bridgehead atoms. The number of anilines is 1. The average Bonchev–Trinajstić information content (AvgIpc) is 2.50. The fourth-order valence-corrected chi connectivity index (χ4v) is 1.77. The third-order valence-electron chi connectivity index (χ3n) is 2.53. The van der Waals surface area contributed by atoms with Gasteiger partial charge < -0.3 is 15.1 Å². The van der Waals surface area contributed by atoms with Crippen molar-refractivity contribution in [1.29, 1.82) is 0 Å². The van der Waals surface area contributed by atoms with Crippen LogP contribution in [0.15, 0.2) is 18.2 Å². The van der Waals surface area contributed by atoms with Gasteiger partial charge in [0.1, 0.15) is 5.75 Å². The zero-order valence-corrected chi connectivity index (χ0v) is 8.47. The molecule has 1 aliphatic heterocycles. The lowest BCUT2D eigenvalue weighted by atomic mass is 10.2. The molecule has 0 aromatic heterocycles. The van der Waals surface area contributed by atoms with Gasteiger partial charge in [-0.1, -0.05) is 6.07 Å². The molecule has 2 N–H and O–H groups in total. The van der Waals surface area contributed by atoms with Gasteiger partial charge in [0, 0.05) is 0 Å². The van der Waals surface area contributed by atoms with Crippen LogP contribution in [0, 0.1) is 6.92 Å². The van der Waals surface area contributed by atoms with Gasteiger partial charge in [0.2, 0.25) is 5.91 Å². The summed E-state index contributed by atoms with van der Waals surface area (Å²) in [5.41, 5.74) is 1.45. The van der Waals surface area contributed by atoms with Crippen molar-refractivity contribution < 1.29 is 15.0 Å². The zero-order valence-electron chi connectivity index (χ0n) is 8.47. The zero-order chi connectivity index (χ0) is 11.0. The number of aryl methyl sites for hydroxylation is 1. The quantitative estimate of drug-likeness (QED) is 0.716. The summed E-state index contributed by atoms with van der Waals surface area (Å²) in [4.78, 5) is 12.9. The van der Waals surface area contributed by atoms with Crippen LogP contribution in [0.25, 0.3) is 0 Å². The van der Waals surface area contributed by atoms with Crippen LogP contribution in [0.3, 0.4) is 0 Å². The van der Waals surface area contributed by atoms with Gasteiger partial charge in [-0.25, -0.2) is 0 Å². The third kappa shape index (κ3) is 1.80. The monoisotopic (exact) mass is 207 g/mol. The van der Waals surface area contributed by atoms with E-state index < -0.39 is 6.10 Å². The van der Waals surface area contributed by atoms with E-state index in [2.05, 4.69) is 0 Å². The summed E-state index contributed by atoms with van der Waals surface area (Å²) >= 11 is 0. The Morgan fingerprint density at radius 1 is 1.47 bits per heavy atom. The molecule has 1 aromatic carbocycles. The number of aliphatic hydroxyl groups excluding tert-OH is 1. The molecule has 2 rings (SSSR count). The Bertz CT molecular complexity index is 403. The van der Waals surface area contributed by atoms with Crippen LogP contribution in [0.1, 0.15) is 12.0 Å². The van der Waals surface area contributed by atoms with Crippen molar-refractivity contribution in [3.63, 3.8) is 0 Å². The van der Waals surface area contributed by atoms with Crippen LogP contribution in [0.5, 0.6) is 5.75 Å². The lowest BCUT2D eigenvalue weighted by Gasteiger charge is -2.17. The Kier molecular flexibility index (Phi) is 2.36. The summed E-state index contributed by atoms with van der Waals surface area (Å²) in [6, 6.07) is 5.07. The number of amides is 1. The Labute approximate surface area is 87.8 Å². The van der Waals surface area contributed by atoms with Gasteiger partial charge in [0.15, 0.2) is 0 Å². The maximum atomic E-state index is 11.5. The van der Waals surface area contributed by atoms with Crippen molar-refractivity contribution in [2.45, 2.75) is 19.4 Å². The minimum atomic E-state index is -0.627. The number of aliphatic hydroxyl groups is 1. The van der Waals surface area contributed by atoms with Gasteiger partial charge >= 0.3 is 0 Å². The summed E-state index contributed by atoms with van der Waals surface area (Å²) in [7, 11) is 0. The Morgan fingerprint density at radius 3 is 2.80 bits per heavy atom. The molecule has 1 heterocycles. The number of phenols is 1.